The Bertz CT molecular complexity index is 368. The van der Waals surface area contributed by atoms with E-state index in [0.717, 1.165) is 0 Å². The largest absolute Gasteiger partial charge is 0.224 e. The zero-order chi connectivity index (χ0) is 9.19. The second kappa shape index (κ2) is 3.49. The first-order valence-corrected chi connectivity index (χ1v) is 5.68. The van der Waals surface area contributed by atoms with Gasteiger partial charge in [0, 0.05) is 4.90 Å². The number of benzene rings is 1. The van der Waals surface area contributed by atoms with E-state index in [1.165, 1.54) is 0 Å². The minimum Gasteiger partial charge on any atom is -0.224 e. The monoisotopic (exact) mass is 202 g/mol. The van der Waals surface area contributed by atoms with Crippen molar-refractivity contribution in [1.29, 1.82) is 0 Å². The third-order valence-corrected chi connectivity index (χ3v) is 3.57. The Hall–Kier alpha value is -0.480. The fourth-order valence-corrected chi connectivity index (χ4v) is 2.08. The lowest BCUT2D eigenvalue weighted by atomic mass is 10.4. The molecule has 0 amide bonds. The highest BCUT2D eigenvalue weighted by Gasteiger charge is 2.10. The molecule has 0 aromatic heterocycles. The van der Waals surface area contributed by atoms with E-state index in [1.807, 2.05) is 0 Å². The van der Waals surface area contributed by atoms with Gasteiger partial charge in [-0.15, -0.1) is 12.6 Å². The van der Waals surface area contributed by atoms with Crippen LogP contribution in [0.4, 0.5) is 0 Å². The van der Waals surface area contributed by atoms with Gasteiger partial charge in [-0.2, -0.15) is 0 Å². The number of hydrogen-bond acceptors (Lipinski definition) is 3. The van der Waals surface area contributed by atoms with Gasteiger partial charge in [0.25, 0.3) is 0 Å². The third-order valence-electron chi connectivity index (χ3n) is 1.56. The van der Waals surface area contributed by atoms with Gasteiger partial charge in [0.1, 0.15) is 0 Å². The fraction of sp³-hybridized carbons (Fsp3) is 0.250. The molecule has 0 aliphatic carbocycles. The predicted octanol–water partition coefficient (Wildman–Crippen LogP) is 1.77. The molecule has 0 heterocycles. The van der Waals surface area contributed by atoms with Crippen LogP contribution >= 0.6 is 12.6 Å². The normalized spacial score (nSPS) is 11.5. The van der Waals surface area contributed by atoms with Crippen LogP contribution in [0.15, 0.2) is 34.1 Å². The molecule has 0 aliphatic heterocycles. The molecule has 0 radical (unpaired) electrons. The van der Waals surface area contributed by atoms with Gasteiger partial charge in [-0.05, 0) is 18.2 Å². The molecule has 1 rings (SSSR count). The smallest absolute Gasteiger partial charge is 0.178 e. The number of sulfone groups is 1. The zero-order valence-corrected chi connectivity index (χ0v) is 8.40. The van der Waals surface area contributed by atoms with Crippen molar-refractivity contribution in [3.05, 3.63) is 24.3 Å². The Kier molecular flexibility index (Phi) is 2.80. The quantitative estimate of drug-likeness (QED) is 0.742. The number of hydrogen-bond donors (Lipinski definition) is 1. The first-order valence-electron chi connectivity index (χ1n) is 3.58. The average molecular weight is 202 g/mol. The van der Waals surface area contributed by atoms with E-state index in [2.05, 4.69) is 12.6 Å². The van der Waals surface area contributed by atoms with Crippen molar-refractivity contribution in [3.63, 3.8) is 0 Å². The molecular formula is C8H10O2S2. The van der Waals surface area contributed by atoms with E-state index in [-0.39, 0.29) is 5.75 Å². The lowest BCUT2D eigenvalue weighted by Crippen LogP contribution is -2.02. The van der Waals surface area contributed by atoms with E-state index in [4.69, 9.17) is 0 Å². The molecule has 0 N–H and O–H groups in total. The highest BCUT2D eigenvalue weighted by atomic mass is 32.2. The summed E-state index contributed by atoms with van der Waals surface area (Å²) in [6.45, 7) is 1.63. The Morgan fingerprint density at radius 2 is 2.08 bits per heavy atom. The summed E-state index contributed by atoms with van der Waals surface area (Å²) in [5.41, 5.74) is 0. The van der Waals surface area contributed by atoms with E-state index in [9.17, 15) is 8.42 Å². The lowest BCUT2D eigenvalue weighted by molar-refractivity contribution is 0.597. The Morgan fingerprint density at radius 3 is 2.58 bits per heavy atom. The molecule has 0 saturated heterocycles. The van der Waals surface area contributed by atoms with Crippen LogP contribution in [-0.2, 0) is 9.84 Å². The molecule has 66 valence electrons. The third kappa shape index (κ3) is 2.01. The predicted molar refractivity (Wildman–Crippen MR) is 51.4 cm³/mol. The van der Waals surface area contributed by atoms with Crippen LogP contribution in [-0.4, -0.2) is 14.2 Å². The van der Waals surface area contributed by atoms with Gasteiger partial charge in [-0.3, -0.25) is 0 Å². The molecule has 0 spiro atoms. The fourth-order valence-electron chi connectivity index (χ4n) is 0.844. The van der Waals surface area contributed by atoms with Crippen LogP contribution in [0.25, 0.3) is 0 Å². The summed E-state index contributed by atoms with van der Waals surface area (Å²) in [6.07, 6.45) is 0. The van der Waals surface area contributed by atoms with E-state index < -0.39 is 9.84 Å². The summed E-state index contributed by atoms with van der Waals surface area (Å²) in [5, 5.41) is 0. The molecule has 4 heteroatoms. The first kappa shape index (κ1) is 9.61. The molecule has 1 aromatic carbocycles. The van der Waals surface area contributed by atoms with Crippen molar-refractivity contribution < 1.29 is 8.42 Å². The highest BCUT2D eigenvalue weighted by molar-refractivity contribution is 7.91. The molecule has 0 aliphatic rings. The average Bonchev–Trinajstić information content (AvgIpc) is 2.05. The van der Waals surface area contributed by atoms with Crippen molar-refractivity contribution in [2.75, 3.05) is 5.75 Å². The van der Waals surface area contributed by atoms with E-state index in [0.29, 0.717) is 9.79 Å². The molecule has 0 atom stereocenters. The van der Waals surface area contributed by atoms with Crippen molar-refractivity contribution in [2.45, 2.75) is 16.7 Å². The summed E-state index contributed by atoms with van der Waals surface area (Å²) in [5.74, 6) is 0.129. The summed E-state index contributed by atoms with van der Waals surface area (Å²) < 4.78 is 22.6. The highest BCUT2D eigenvalue weighted by Crippen LogP contribution is 2.14. The van der Waals surface area contributed by atoms with Crippen molar-refractivity contribution in [3.8, 4) is 0 Å². The SMILES string of the molecule is CCS(=O)(=O)c1cccc(S)c1. The standard InChI is InChI=1S/C8H10O2S2/c1-2-12(9,10)8-5-3-4-7(11)6-8/h3-6,11H,2H2,1H3. The Balaban J connectivity index is 3.21. The molecule has 2 nitrogen and oxygen atoms in total. The van der Waals surface area contributed by atoms with Gasteiger partial charge < -0.3 is 0 Å². The zero-order valence-electron chi connectivity index (χ0n) is 6.69. The Morgan fingerprint density at radius 1 is 1.42 bits per heavy atom. The van der Waals surface area contributed by atoms with Gasteiger partial charge in [0.2, 0.25) is 0 Å². The second-order valence-corrected chi connectivity index (χ2v) is 5.20. The van der Waals surface area contributed by atoms with E-state index >= 15 is 0 Å². The van der Waals surface area contributed by atoms with Gasteiger partial charge in [-0.25, -0.2) is 8.42 Å². The van der Waals surface area contributed by atoms with Crippen molar-refractivity contribution in [1.82, 2.24) is 0 Å². The number of thiol groups is 1. The summed E-state index contributed by atoms with van der Waals surface area (Å²) in [7, 11) is -3.07. The van der Waals surface area contributed by atoms with Gasteiger partial charge in [0.15, 0.2) is 9.84 Å². The second-order valence-electron chi connectivity index (χ2n) is 2.40. The maximum absolute atomic E-state index is 11.3. The maximum atomic E-state index is 11.3. The van der Waals surface area contributed by atoms with Crippen LogP contribution < -0.4 is 0 Å². The van der Waals surface area contributed by atoms with Crippen LogP contribution in [0.1, 0.15) is 6.92 Å². The molecule has 0 bridgehead atoms. The van der Waals surface area contributed by atoms with E-state index in [1.54, 1.807) is 31.2 Å². The molecule has 1 aromatic rings. The molecule has 0 unspecified atom stereocenters. The molecular weight excluding hydrogens is 192 g/mol. The van der Waals surface area contributed by atoms with Gasteiger partial charge >= 0.3 is 0 Å². The van der Waals surface area contributed by atoms with Crippen LogP contribution in [0.3, 0.4) is 0 Å². The summed E-state index contributed by atoms with van der Waals surface area (Å²) >= 11 is 4.06. The lowest BCUT2D eigenvalue weighted by Gasteiger charge is -2.00. The van der Waals surface area contributed by atoms with Crippen LogP contribution in [0.5, 0.6) is 0 Å². The minimum atomic E-state index is -3.07. The minimum absolute atomic E-state index is 0.129. The van der Waals surface area contributed by atoms with Crippen molar-refractivity contribution in [2.24, 2.45) is 0 Å². The maximum Gasteiger partial charge on any atom is 0.178 e. The van der Waals surface area contributed by atoms with Crippen molar-refractivity contribution >= 4 is 22.5 Å². The Labute approximate surface area is 77.9 Å². The van der Waals surface area contributed by atoms with Crippen LogP contribution in [0, 0.1) is 0 Å². The molecule has 0 saturated carbocycles. The number of rotatable bonds is 2. The molecule has 0 fully saturated rings. The summed E-state index contributed by atoms with van der Waals surface area (Å²) in [6, 6.07) is 6.57. The topological polar surface area (TPSA) is 34.1 Å². The van der Waals surface area contributed by atoms with Crippen LogP contribution in [0.2, 0.25) is 0 Å². The molecule has 12 heavy (non-hydrogen) atoms. The first-order chi connectivity index (χ1) is 5.56. The van der Waals surface area contributed by atoms with Gasteiger partial charge in [0.05, 0.1) is 10.6 Å². The van der Waals surface area contributed by atoms with Gasteiger partial charge in [-0.1, -0.05) is 13.0 Å². The summed E-state index contributed by atoms with van der Waals surface area (Å²) in [4.78, 5) is 1.02.